The first-order valence-electron chi connectivity index (χ1n) is 8.14. The van der Waals surface area contributed by atoms with Crippen LogP contribution in [-0.2, 0) is 0 Å². The van der Waals surface area contributed by atoms with Gasteiger partial charge in [0.05, 0.1) is 22.8 Å². The molecule has 0 atom stereocenters. The average Bonchev–Trinajstić information content (AvgIpc) is 3.09. The summed E-state index contributed by atoms with van der Waals surface area (Å²) in [5.74, 6) is -1.03. The van der Waals surface area contributed by atoms with Gasteiger partial charge < -0.3 is 4.90 Å². The first-order chi connectivity index (χ1) is 12.6. The minimum absolute atomic E-state index is 0.0615. The molecule has 26 heavy (non-hydrogen) atoms. The van der Waals surface area contributed by atoms with Crippen molar-refractivity contribution in [2.24, 2.45) is 0 Å². The minimum Gasteiger partial charge on any atom is -0.356 e. The molecule has 9 heteroatoms. The van der Waals surface area contributed by atoms with E-state index < -0.39 is 11.6 Å². The van der Waals surface area contributed by atoms with Gasteiger partial charge in [-0.2, -0.15) is 24.8 Å². The average molecular weight is 375 g/mol. The van der Waals surface area contributed by atoms with Gasteiger partial charge in [0.1, 0.15) is 28.9 Å². The highest BCUT2D eigenvalue weighted by molar-refractivity contribution is 6.33. The number of hydrogen-bond donors (Lipinski definition) is 0. The monoisotopic (exact) mass is 374 g/mol. The number of anilines is 1. The fourth-order valence-corrected chi connectivity index (χ4v) is 3.55. The summed E-state index contributed by atoms with van der Waals surface area (Å²) in [6, 6.07) is 3.71. The van der Waals surface area contributed by atoms with E-state index in [1.54, 1.807) is 6.07 Å². The van der Waals surface area contributed by atoms with Crippen LogP contribution in [0.25, 0.3) is 16.9 Å². The topological polar surface area (TPSA) is 70.1 Å². The van der Waals surface area contributed by atoms with Crippen LogP contribution in [0.5, 0.6) is 0 Å². The van der Waals surface area contributed by atoms with E-state index in [9.17, 15) is 8.78 Å². The van der Waals surface area contributed by atoms with Crippen molar-refractivity contribution in [1.82, 2.24) is 19.6 Å². The number of aromatic nitrogens is 4. The second-order valence-corrected chi connectivity index (χ2v) is 6.41. The zero-order valence-corrected chi connectivity index (χ0v) is 14.3. The Bertz CT molecular complexity index is 1010. The Balaban J connectivity index is 2.04. The zero-order valence-electron chi connectivity index (χ0n) is 13.6. The molecule has 4 rings (SSSR count). The van der Waals surface area contributed by atoms with Crippen LogP contribution in [0.3, 0.4) is 0 Å². The lowest BCUT2D eigenvalue weighted by Gasteiger charge is -2.30. The number of benzene rings is 1. The third-order valence-electron chi connectivity index (χ3n) is 4.44. The predicted octanol–water partition coefficient (Wildman–Crippen LogP) is 3.58. The number of nitrogens with zero attached hydrogens (tertiary/aromatic N) is 6. The van der Waals surface area contributed by atoms with Crippen molar-refractivity contribution in [3.8, 4) is 17.2 Å². The molecular weight excluding hydrogens is 362 g/mol. The van der Waals surface area contributed by atoms with Crippen LogP contribution in [0.1, 0.15) is 24.8 Å². The zero-order chi connectivity index (χ0) is 18.3. The molecular formula is C17H13ClF2N6. The fourth-order valence-electron chi connectivity index (χ4n) is 3.29. The van der Waals surface area contributed by atoms with Gasteiger partial charge in [-0.3, -0.25) is 0 Å². The summed E-state index contributed by atoms with van der Waals surface area (Å²) in [6.07, 6.45) is 4.31. The molecule has 0 spiro atoms. The highest BCUT2D eigenvalue weighted by Crippen LogP contribution is 2.40. The van der Waals surface area contributed by atoms with Gasteiger partial charge in [-0.1, -0.05) is 11.6 Å². The van der Waals surface area contributed by atoms with Crippen molar-refractivity contribution in [3.63, 3.8) is 0 Å². The van der Waals surface area contributed by atoms with E-state index in [0.29, 0.717) is 18.9 Å². The quantitative estimate of drug-likeness (QED) is 0.641. The van der Waals surface area contributed by atoms with Crippen LogP contribution in [0.4, 0.5) is 14.6 Å². The number of piperidine rings is 1. The van der Waals surface area contributed by atoms with Crippen molar-refractivity contribution >= 4 is 23.2 Å². The highest BCUT2D eigenvalue weighted by atomic mass is 35.5. The molecule has 1 aliphatic rings. The maximum atomic E-state index is 14.7. The first-order valence-corrected chi connectivity index (χ1v) is 8.51. The van der Waals surface area contributed by atoms with Crippen molar-refractivity contribution < 1.29 is 8.78 Å². The van der Waals surface area contributed by atoms with Crippen molar-refractivity contribution in [1.29, 1.82) is 5.26 Å². The van der Waals surface area contributed by atoms with Gasteiger partial charge in [0.2, 0.25) is 0 Å². The Morgan fingerprint density at radius 3 is 2.42 bits per heavy atom. The third kappa shape index (κ3) is 2.65. The van der Waals surface area contributed by atoms with E-state index >= 15 is 0 Å². The van der Waals surface area contributed by atoms with Crippen molar-refractivity contribution in [2.75, 3.05) is 18.0 Å². The molecule has 3 aromatic rings. The Morgan fingerprint density at radius 1 is 1.08 bits per heavy atom. The fraction of sp³-hybridized carbons (Fsp3) is 0.294. The van der Waals surface area contributed by atoms with Crippen LogP contribution in [0.2, 0.25) is 5.15 Å². The molecule has 3 heterocycles. The van der Waals surface area contributed by atoms with Gasteiger partial charge in [-0.15, -0.1) is 0 Å². The van der Waals surface area contributed by atoms with Gasteiger partial charge in [0.25, 0.3) is 5.78 Å². The van der Waals surface area contributed by atoms with E-state index in [0.717, 1.165) is 31.4 Å². The molecule has 1 aromatic carbocycles. The molecule has 0 radical (unpaired) electrons. The second kappa shape index (κ2) is 6.50. The lowest BCUT2D eigenvalue weighted by molar-refractivity contribution is 0.566. The van der Waals surface area contributed by atoms with Crippen LogP contribution < -0.4 is 4.90 Å². The molecule has 0 saturated carbocycles. The number of rotatable bonds is 2. The maximum Gasteiger partial charge on any atom is 0.255 e. The summed E-state index contributed by atoms with van der Waals surface area (Å²) < 4.78 is 30.8. The number of hydrogen-bond acceptors (Lipinski definition) is 5. The van der Waals surface area contributed by atoms with Gasteiger partial charge in [-0.25, -0.2) is 8.78 Å². The molecule has 0 amide bonds. The van der Waals surface area contributed by atoms with Crippen molar-refractivity contribution in [3.05, 3.63) is 40.8 Å². The largest absolute Gasteiger partial charge is 0.356 e. The summed E-state index contributed by atoms with van der Waals surface area (Å²) in [5, 5.41) is 13.0. The summed E-state index contributed by atoms with van der Waals surface area (Å²) >= 11 is 6.32. The summed E-state index contributed by atoms with van der Waals surface area (Å²) in [6.45, 7) is 1.42. The minimum atomic E-state index is -0.872. The molecule has 1 fully saturated rings. The lowest BCUT2D eigenvalue weighted by Crippen LogP contribution is -2.32. The normalized spacial score (nSPS) is 14.6. The van der Waals surface area contributed by atoms with E-state index in [1.807, 2.05) is 4.90 Å². The Kier molecular flexibility index (Phi) is 4.17. The third-order valence-corrected chi connectivity index (χ3v) is 4.71. The summed E-state index contributed by atoms with van der Waals surface area (Å²) in [7, 11) is 0. The molecule has 0 aliphatic carbocycles. The summed E-state index contributed by atoms with van der Waals surface area (Å²) in [4.78, 5) is 10.2. The lowest BCUT2D eigenvalue weighted by atomic mass is 10.0. The van der Waals surface area contributed by atoms with E-state index in [4.69, 9.17) is 16.9 Å². The molecule has 0 unspecified atom stereocenters. The molecule has 1 saturated heterocycles. The van der Waals surface area contributed by atoms with Crippen LogP contribution in [0.15, 0.2) is 18.5 Å². The van der Waals surface area contributed by atoms with Gasteiger partial charge in [-0.05, 0) is 31.4 Å². The van der Waals surface area contributed by atoms with Crippen LogP contribution >= 0.6 is 11.6 Å². The van der Waals surface area contributed by atoms with Gasteiger partial charge in [0, 0.05) is 13.1 Å². The van der Waals surface area contributed by atoms with Gasteiger partial charge >= 0.3 is 0 Å². The standard InChI is InChI=1S/C17H13ClF2N6/c18-15-14(13-11(19)6-10(8-21)7-12(13)20)16(25-4-2-1-3-5-25)26-17(24-15)22-9-23-26/h6-7,9H,1-5H2. The van der Waals surface area contributed by atoms with Crippen molar-refractivity contribution in [2.45, 2.75) is 19.3 Å². The van der Waals surface area contributed by atoms with E-state index in [1.165, 1.54) is 10.8 Å². The molecule has 1 aliphatic heterocycles. The smallest absolute Gasteiger partial charge is 0.255 e. The number of fused-ring (bicyclic) bond motifs is 1. The molecule has 6 nitrogen and oxygen atoms in total. The SMILES string of the molecule is N#Cc1cc(F)c(-c2c(Cl)nc3ncnn3c2N2CCCCC2)c(F)c1. The summed E-state index contributed by atoms with van der Waals surface area (Å²) in [5.41, 5.74) is -0.306. The molecule has 132 valence electrons. The first kappa shape index (κ1) is 16.7. The highest BCUT2D eigenvalue weighted by Gasteiger charge is 2.27. The van der Waals surface area contributed by atoms with E-state index in [-0.39, 0.29) is 27.6 Å². The molecule has 0 N–H and O–H groups in total. The number of halogens is 3. The Labute approximate surface area is 152 Å². The Hall–Kier alpha value is -2.79. The van der Waals surface area contributed by atoms with Crippen LogP contribution in [-0.4, -0.2) is 32.7 Å². The second-order valence-electron chi connectivity index (χ2n) is 6.05. The van der Waals surface area contributed by atoms with E-state index in [2.05, 4.69) is 15.1 Å². The predicted molar refractivity (Wildman–Crippen MR) is 91.9 cm³/mol. The van der Waals surface area contributed by atoms with Crippen LogP contribution in [0, 0.1) is 23.0 Å². The number of nitriles is 1. The van der Waals surface area contributed by atoms with Gasteiger partial charge in [0.15, 0.2) is 0 Å². The molecule has 0 bridgehead atoms. The Morgan fingerprint density at radius 2 is 1.77 bits per heavy atom. The molecule has 2 aromatic heterocycles. The maximum absolute atomic E-state index is 14.7.